The van der Waals surface area contributed by atoms with Gasteiger partial charge in [-0.15, -0.1) is 0 Å². The highest BCUT2D eigenvalue weighted by atomic mass is 16.7. The Bertz CT molecular complexity index is 1060. The standard InChI is InChI=1S/C16H10N4O12/c21-13(31-11-5-1-3-9(17(23)24)15(11)19(27)28)7-8-14(22)32-12-6-2-4-10(18(25)26)16(12)20(29)30/h1-6H,7-8H2. The molecule has 0 saturated carbocycles. The maximum absolute atomic E-state index is 11.9. The van der Waals surface area contributed by atoms with Crippen LogP contribution in [0, 0.1) is 40.5 Å². The van der Waals surface area contributed by atoms with Crippen LogP contribution >= 0.6 is 0 Å². The Kier molecular flexibility index (Phi) is 7.02. The first-order valence-electron chi connectivity index (χ1n) is 8.27. The number of benzene rings is 2. The van der Waals surface area contributed by atoms with Crippen LogP contribution in [0.2, 0.25) is 0 Å². The molecule has 0 unspecified atom stereocenters. The number of nitro groups is 4. The molecule has 0 aromatic heterocycles. The van der Waals surface area contributed by atoms with Gasteiger partial charge in [-0.25, -0.2) is 0 Å². The maximum Gasteiger partial charge on any atom is 0.388 e. The number of para-hydroxylation sites is 2. The van der Waals surface area contributed by atoms with Crippen molar-refractivity contribution in [3.8, 4) is 11.5 Å². The van der Waals surface area contributed by atoms with Gasteiger partial charge < -0.3 is 9.47 Å². The number of nitrogens with zero attached hydrogens (tertiary/aromatic N) is 4. The molecule has 0 radical (unpaired) electrons. The van der Waals surface area contributed by atoms with Gasteiger partial charge in [-0.05, 0) is 12.1 Å². The number of nitro benzene ring substituents is 4. The second-order valence-corrected chi connectivity index (χ2v) is 5.72. The van der Waals surface area contributed by atoms with Crippen molar-refractivity contribution >= 4 is 34.7 Å². The molecule has 0 amide bonds. The van der Waals surface area contributed by atoms with Gasteiger partial charge in [0.15, 0.2) is 0 Å². The first kappa shape index (κ1) is 23.3. The van der Waals surface area contributed by atoms with E-state index in [2.05, 4.69) is 0 Å². The molecule has 0 spiro atoms. The molecule has 0 aliphatic rings. The second kappa shape index (κ2) is 9.65. The van der Waals surface area contributed by atoms with E-state index in [4.69, 9.17) is 9.47 Å². The van der Waals surface area contributed by atoms with Gasteiger partial charge >= 0.3 is 34.7 Å². The zero-order valence-corrected chi connectivity index (χ0v) is 15.6. The smallest absolute Gasteiger partial charge is 0.388 e. The average molecular weight is 450 g/mol. The van der Waals surface area contributed by atoms with E-state index in [1.807, 2.05) is 0 Å². The SMILES string of the molecule is O=C(CCC(=O)Oc1cccc([N+](=O)[O-])c1[N+](=O)[O-])Oc1cccc([N+](=O)[O-])c1[N+](=O)[O-]. The minimum Gasteiger partial charge on any atom is -0.419 e. The Morgan fingerprint density at radius 2 is 0.969 bits per heavy atom. The number of hydrogen-bond acceptors (Lipinski definition) is 12. The van der Waals surface area contributed by atoms with Crippen molar-refractivity contribution in [2.45, 2.75) is 12.8 Å². The number of carbonyl (C=O) groups excluding carboxylic acids is 2. The lowest BCUT2D eigenvalue weighted by molar-refractivity contribution is -0.423. The van der Waals surface area contributed by atoms with E-state index in [0.29, 0.717) is 0 Å². The molecule has 0 atom stereocenters. The summed E-state index contributed by atoms with van der Waals surface area (Å²) in [6.45, 7) is 0. The number of hydrogen-bond donors (Lipinski definition) is 0. The number of ether oxygens (including phenoxy) is 2. The fourth-order valence-corrected chi connectivity index (χ4v) is 2.40. The fraction of sp³-hybridized carbons (Fsp3) is 0.125. The van der Waals surface area contributed by atoms with Crippen LogP contribution in [0.1, 0.15) is 12.8 Å². The Morgan fingerprint density at radius 3 is 1.25 bits per heavy atom. The average Bonchev–Trinajstić information content (AvgIpc) is 2.71. The van der Waals surface area contributed by atoms with Crippen LogP contribution in [0.4, 0.5) is 22.7 Å². The molecule has 16 heteroatoms. The van der Waals surface area contributed by atoms with E-state index in [9.17, 15) is 50.0 Å². The Hall–Kier alpha value is -5.02. The highest BCUT2D eigenvalue weighted by Gasteiger charge is 2.32. The second-order valence-electron chi connectivity index (χ2n) is 5.72. The van der Waals surface area contributed by atoms with Crippen LogP contribution in [-0.2, 0) is 9.59 Å². The highest BCUT2D eigenvalue weighted by molar-refractivity contribution is 5.82. The summed E-state index contributed by atoms with van der Waals surface area (Å²) in [5, 5.41) is 44.0. The van der Waals surface area contributed by atoms with Gasteiger partial charge in [0.2, 0.25) is 11.5 Å². The molecule has 166 valence electrons. The van der Waals surface area contributed by atoms with Gasteiger partial charge in [0, 0.05) is 12.1 Å². The summed E-state index contributed by atoms with van der Waals surface area (Å²) < 4.78 is 9.44. The van der Waals surface area contributed by atoms with E-state index < -0.39 is 78.7 Å². The summed E-state index contributed by atoms with van der Waals surface area (Å²) in [6, 6.07) is 5.63. The van der Waals surface area contributed by atoms with Crippen molar-refractivity contribution in [3.05, 3.63) is 76.9 Å². The molecule has 0 fully saturated rings. The van der Waals surface area contributed by atoms with Crippen molar-refractivity contribution in [3.63, 3.8) is 0 Å². The van der Waals surface area contributed by atoms with Crippen molar-refractivity contribution in [2.24, 2.45) is 0 Å². The number of esters is 2. The third-order valence-electron chi connectivity index (χ3n) is 3.69. The molecule has 32 heavy (non-hydrogen) atoms. The summed E-state index contributed by atoms with van der Waals surface area (Å²) in [5.74, 6) is -3.84. The van der Waals surface area contributed by atoms with Crippen LogP contribution < -0.4 is 9.47 Å². The molecule has 0 aliphatic heterocycles. The summed E-state index contributed by atoms with van der Waals surface area (Å²) in [6.07, 6.45) is -1.44. The van der Waals surface area contributed by atoms with Gasteiger partial charge in [0.1, 0.15) is 0 Å². The first-order valence-corrected chi connectivity index (χ1v) is 8.27. The third-order valence-corrected chi connectivity index (χ3v) is 3.69. The molecular weight excluding hydrogens is 440 g/mol. The molecule has 0 bridgehead atoms. The van der Waals surface area contributed by atoms with Crippen LogP contribution in [0.5, 0.6) is 11.5 Å². The Morgan fingerprint density at radius 1 is 0.625 bits per heavy atom. The predicted octanol–water partition coefficient (Wildman–Crippen LogP) is 2.61. The third kappa shape index (κ3) is 5.32. The normalized spacial score (nSPS) is 10.1. The monoisotopic (exact) mass is 450 g/mol. The van der Waals surface area contributed by atoms with Gasteiger partial charge in [0.25, 0.3) is 0 Å². The van der Waals surface area contributed by atoms with Crippen molar-refractivity contribution < 1.29 is 38.8 Å². The van der Waals surface area contributed by atoms with Gasteiger partial charge in [-0.2, -0.15) is 0 Å². The van der Waals surface area contributed by atoms with E-state index in [-0.39, 0.29) is 0 Å². The van der Waals surface area contributed by atoms with E-state index in [1.165, 1.54) is 0 Å². The van der Waals surface area contributed by atoms with E-state index >= 15 is 0 Å². The fourth-order valence-electron chi connectivity index (χ4n) is 2.40. The van der Waals surface area contributed by atoms with E-state index in [0.717, 1.165) is 36.4 Å². The van der Waals surface area contributed by atoms with Crippen molar-refractivity contribution in [2.75, 3.05) is 0 Å². The zero-order valence-electron chi connectivity index (χ0n) is 15.6. The minimum atomic E-state index is -1.20. The molecule has 16 nitrogen and oxygen atoms in total. The molecule has 0 saturated heterocycles. The molecule has 2 aromatic carbocycles. The minimum absolute atomic E-state index is 0.721. The number of rotatable bonds is 9. The van der Waals surface area contributed by atoms with Crippen LogP contribution in [0.3, 0.4) is 0 Å². The molecule has 0 N–H and O–H groups in total. The summed E-state index contributed by atoms with van der Waals surface area (Å²) in [5.41, 5.74) is -3.98. The van der Waals surface area contributed by atoms with Crippen LogP contribution in [-0.4, -0.2) is 31.6 Å². The molecular formula is C16H10N4O12. The molecule has 0 heterocycles. The predicted molar refractivity (Wildman–Crippen MR) is 100 cm³/mol. The Labute approximate surface area is 175 Å². The summed E-state index contributed by atoms with van der Waals surface area (Å²) in [7, 11) is 0. The van der Waals surface area contributed by atoms with Gasteiger partial charge in [0.05, 0.1) is 32.5 Å². The highest BCUT2D eigenvalue weighted by Crippen LogP contribution is 2.37. The van der Waals surface area contributed by atoms with Crippen molar-refractivity contribution in [1.29, 1.82) is 0 Å². The quantitative estimate of drug-likeness (QED) is 0.232. The Balaban J connectivity index is 2.11. The summed E-state index contributed by atoms with van der Waals surface area (Å²) in [4.78, 5) is 63.5. The zero-order chi connectivity index (χ0) is 24.0. The van der Waals surface area contributed by atoms with Gasteiger partial charge in [-0.3, -0.25) is 50.0 Å². The number of carbonyl (C=O) groups is 2. The molecule has 2 rings (SSSR count). The lowest BCUT2D eigenvalue weighted by Crippen LogP contribution is -2.15. The largest absolute Gasteiger partial charge is 0.419 e. The van der Waals surface area contributed by atoms with Crippen LogP contribution in [0.15, 0.2) is 36.4 Å². The maximum atomic E-state index is 11.9. The topological polar surface area (TPSA) is 225 Å². The first-order chi connectivity index (χ1) is 15.0. The van der Waals surface area contributed by atoms with E-state index in [1.54, 1.807) is 0 Å². The lowest BCUT2D eigenvalue weighted by Gasteiger charge is -2.06. The lowest BCUT2D eigenvalue weighted by atomic mass is 10.2. The van der Waals surface area contributed by atoms with Crippen molar-refractivity contribution in [1.82, 2.24) is 0 Å². The molecule has 0 aliphatic carbocycles. The van der Waals surface area contributed by atoms with Gasteiger partial charge in [-0.1, -0.05) is 12.1 Å². The summed E-state index contributed by atoms with van der Waals surface area (Å²) >= 11 is 0. The molecule has 2 aromatic rings. The van der Waals surface area contributed by atoms with Crippen LogP contribution in [0.25, 0.3) is 0 Å².